The van der Waals surface area contributed by atoms with E-state index >= 15 is 0 Å². The minimum atomic E-state index is -0.947. The molecule has 138 valence electrons. The van der Waals surface area contributed by atoms with Crippen LogP contribution in [0.1, 0.15) is 44.0 Å². The molecule has 0 radical (unpaired) electrons. The molecule has 1 unspecified atom stereocenters. The van der Waals surface area contributed by atoms with Gasteiger partial charge in [-0.15, -0.1) is 0 Å². The molecule has 1 aromatic carbocycles. The lowest BCUT2D eigenvalue weighted by atomic mass is 10.1. The number of hydrogen-bond acceptors (Lipinski definition) is 3. The molecule has 5 nitrogen and oxygen atoms in total. The minimum absolute atomic E-state index is 0.0121. The normalized spacial score (nSPS) is 18.0. The number of halogens is 3. The second kappa shape index (κ2) is 7.68. The molecule has 8 heteroatoms. The lowest BCUT2D eigenvalue weighted by Gasteiger charge is -2.34. The molecular weight excluding hydrogens is 398 g/mol. The van der Waals surface area contributed by atoms with E-state index in [1.165, 1.54) is 11.0 Å². The average Bonchev–Trinajstić information content (AvgIpc) is 2.50. The van der Waals surface area contributed by atoms with Crippen molar-refractivity contribution < 1.29 is 23.1 Å². The Morgan fingerprint density at radius 1 is 1.32 bits per heavy atom. The molecule has 1 aromatic rings. The summed E-state index contributed by atoms with van der Waals surface area (Å²) >= 11 is 2.94. The highest BCUT2D eigenvalue weighted by Crippen LogP contribution is 2.22. The van der Waals surface area contributed by atoms with Gasteiger partial charge in [0.15, 0.2) is 5.82 Å². The molecule has 0 bridgehead atoms. The number of benzene rings is 1. The second-order valence-electron chi connectivity index (χ2n) is 6.96. The molecule has 0 aromatic heterocycles. The Labute approximate surface area is 153 Å². The third kappa shape index (κ3) is 5.14. The molecule has 2 amide bonds. The first-order valence-corrected chi connectivity index (χ1v) is 8.80. The first-order chi connectivity index (χ1) is 11.6. The molecule has 0 saturated carbocycles. The van der Waals surface area contributed by atoms with Crippen molar-refractivity contribution in [2.24, 2.45) is 0 Å². The number of nitrogens with one attached hydrogen (secondary N) is 1. The first kappa shape index (κ1) is 19.6. The molecular formula is C17H21BrF2N2O3. The summed E-state index contributed by atoms with van der Waals surface area (Å²) in [5, 5.41) is 2.60. The number of ether oxygens (including phenoxy) is 1. The van der Waals surface area contributed by atoms with E-state index in [0.29, 0.717) is 19.4 Å². The zero-order chi connectivity index (χ0) is 18.8. The van der Waals surface area contributed by atoms with E-state index < -0.39 is 40.8 Å². The molecule has 2 rings (SSSR count). The number of carbonyl (C=O) groups excluding carboxylic acids is 2. The van der Waals surface area contributed by atoms with Crippen LogP contribution in [0.5, 0.6) is 0 Å². The van der Waals surface area contributed by atoms with Crippen molar-refractivity contribution in [3.63, 3.8) is 0 Å². The molecule has 1 aliphatic heterocycles. The van der Waals surface area contributed by atoms with E-state index in [0.717, 1.165) is 6.07 Å². The Kier molecular flexibility index (Phi) is 6.03. The molecule has 0 aliphatic carbocycles. The molecule has 1 fully saturated rings. The Morgan fingerprint density at radius 3 is 2.64 bits per heavy atom. The highest BCUT2D eigenvalue weighted by Gasteiger charge is 2.29. The van der Waals surface area contributed by atoms with Gasteiger partial charge < -0.3 is 15.0 Å². The smallest absolute Gasteiger partial charge is 0.410 e. The number of amides is 2. The molecule has 1 N–H and O–H groups in total. The van der Waals surface area contributed by atoms with Crippen molar-refractivity contribution in [1.29, 1.82) is 0 Å². The zero-order valence-electron chi connectivity index (χ0n) is 14.4. The van der Waals surface area contributed by atoms with Gasteiger partial charge in [0, 0.05) is 19.1 Å². The summed E-state index contributed by atoms with van der Waals surface area (Å²) in [6, 6.07) is 1.83. The third-order valence-corrected chi connectivity index (χ3v) is 4.29. The van der Waals surface area contributed by atoms with Crippen LogP contribution in [0.25, 0.3) is 0 Å². The van der Waals surface area contributed by atoms with Gasteiger partial charge in [-0.05, 0) is 61.7 Å². The van der Waals surface area contributed by atoms with E-state index in [-0.39, 0.29) is 11.0 Å². The van der Waals surface area contributed by atoms with Crippen LogP contribution < -0.4 is 5.32 Å². The van der Waals surface area contributed by atoms with Crippen LogP contribution in [0.15, 0.2) is 16.6 Å². The number of hydrogen-bond donors (Lipinski definition) is 1. The van der Waals surface area contributed by atoms with Gasteiger partial charge >= 0.3 is 6.09 Å². The Bertz CT molecular complexity index is 677. The van der Waals surface area contributed by atoms with Crippen LogP contribution in [0.3, 0.4) is 0 Å². The summed E-state index contributed by atoms with van der Waals surface area (Å²) in [7, 11) is 0. The fourth-order valence-corrected chi connectivity index (χ4v) is 2.91. The number of nitrogens with zero attached hydrogens (tertiary/aromatic N) is 1. The topological polar surface area (TPSA) is 58.6 Å². The number of likely N-dealkylation sites (tertiary alicyclic amines) is 1. The van der Waals surface area contributed by atoms with Crippen molar-refractivity contribution in [3.8, 4) is 0 Å². The van der Waals surface area contributed by atoms with Crippen LogP contribution in [-0.4, -0.2) is 41.6 Å². The van der Waals surface area contributed by atoms with Crippen molar-refractivity contribution >= 4 is 27.9 Å². The molecule has 25 heavy (non-hydrogen) atoms. The van der Waals surface area contributed by atoms with Gasteiger partial charge in [-0.25, -0.2) is 13.6 Å². The van der Waals surface area contributed by atoms with Gasteiger partial charge in [0.1, 0.15) is 17.0 Å². The predicted octanol–water partition coefficient (Wildman–Crippen LogP) is 3.86. The van der Waals surface area contributed by atoms with Gasteiger partial charge in [-0.3, -0.25) is 4.79 Å². The van der Waals surface area contributed by atoms with Crippen molar-refractivity contribution in [3.05, 3.63) is 33.8 Å². The molecule has 1 atom stereocenters. The summed E-state index contributed by atoms with van der Waals surface area (Å²) in [4.78, 5) is 25.9. The summed E-state index contributed by atoms with van der Waals surface area (Å²) in [6.07, 6.45) is 0.807. The van der Waals surface area contributed by atoms with Crippen LogP contribution in [0, 0.1) is 11.6 Å². The van der Waals surface area contributed by atoms with Gasteiger partial charge in [0.25, 0.3) is 5.91 Å². The number of carbonyl (C=O) groups is 2. The maximum absolute atomic E-state index is 14.0. The minimum Gasteiger partial charge on any atom is -0.444 e. The first-order valence-electron chi connectivity index (χ1n) is 8.01. The SMILES string of the molecule is CC(C)(C)OC(=O)N1CCCC(NC(=O)c2c(F)ccc(Br)c2F)C1. The summed E-state index contributed by atoms with van der Waals surface area (Å²) in [6.45, 7) is 6.06. The number of piperidine rings is 1. The second-order valence-corrected chi connectivity index (χ2v) is 7.81. The third-order valence-electron chi connectivity index (χ3n) is 3.68. The van der Waals surface area contributed by atoms with Gasteiger partial charge in [-0.2, -0.15) is 0 Å². The molecule has 1 saturated heterocycles. The Morgan fingerprint density at radius 2 is 2.00 bits per heavy atom. The zero-order valence-corrected chi connectivity index (χ0v) is 16.0. The fourth-order valence-electron chi connectivity index (χ4n) is 2.58. The number of rotatable bonds is 2. The van der Waals surface area contributed by atoms with Gasteiger partial charge in [-0.1, -0.05) is 0 Å². The standard InChI is InChI=1S/C17H21BrF2N2O3/c1-17(2,3)25-16(24)22-8-4-5-10(9-22)21-15(23)13-12(19)7-6-11(18)14(13)20/h6-7,10H,4-5,8-9H2,1-3H3,(H,21,23). The lowest BCUT2D eigenvalue weighted by molar-refractivity contribution is 0.0185. The summed E-state index contributed by atoms with van der Waals surface area (Å²) < 4.78 is 33.2. The maximum atomic E-state index is 14.0. The van der Waals surface area contributed by atoms with E-state index in [1.807, 2.05) is 0 Å². The lowest BCUT2D eigenvalue weighted by Crippen LogP contribution is -2.50. The predicted molar refractivity (Wildman–Crippen MR) is 92.4 cm³/mol. The van der Waals surface area contributed by atoms with E-state index in [2.05, 4.69) is 21.2 Å². The van der Waals surface area contributed by atoms with Gasteiger partial charge in [0.05, 0.1) is 4.47 Å². The Balaban J connectivity index is 2.04. The highest BCUT2D eigenvalue weighted by molar-refractivity contribution is 9.10. The van der Waals surface area contributed by atoms with Crippen molar-refractivity contribution in [2.75, 3.05) is 13.1 Å². The average molecular weight is 419 g/mol. The van der Waals surface area contributed by atoms with Crippen LogP contribution in [0.4, 0.5) is 13.6 Å². The van der Waals surface area contributed by atoms with Gasteiger partial charge in [0.2, 0.25) is 0 Å². The monoisotopic (exact) mass is 418 g/mol. The van der Waals surface area contributed by atoms with E-state index in [9.17, 15) is 18.4 Å². The van der Waals surface area contributed by atoms with Crippen LogP contribution >= 0.6 is 15.9 Å². The maximum Gasteiger partial charge on any atom is 0.410 e. The fraction of sp³-hybridized carbons (Fsp3) is 0.529. The molecule has 0 spiro atoms. The molecule has 1 heterocycles. The van der Waals surface area contributed by atoms with E-state index in [4.69, 9.17) is 4.74 Å². The Hall–Kier alpha value is -1.70. The van der Waals surface area contributed by atoms with Crippen molar-refractivity contribution in [1.82, 2.24) is 10.2 Å². The molecule has 1 aliphatic rings. The summed E-state index contributed by atoms with van der Waals surface area (Å²) in [5.74, 6) is -2.72. The van der Waals surface area contributed by atoms with E-state index in [1.54, 1.807) is 20.8 Å². The van der Waals surface area contributed by atoms with Crippen LogP contribution in [0.2, 0.25) is 0 Å². The largest absolute Gasteiger partial charge is 0.444 e. The van der Waals surface area contributed by atoms with Crippen molar-refractivity contribution in [2.45, 2.75) is 45.3 Å². The summed E-state index contributed by atoms with van der Waals surface area (Å²) in [5.41, 5.74) is -1.25. The van der Waals surface area contributed by atoms with Crippen LogP contribution in [-0.2, 0) is 4.74 Å². The highest BCUT2D eigenvalue weighted by atomic mass is 79.9. The quantitative estimate of drug-likeness (QED) is 0.741.